The van der Waals surface area contributed by atoms with E-state index in [0.29, 0.717) is 19.6 Å². The number of hydrogen-bond donors (Lipinski definition) is 3. The first-order valence-electron chi connectivity index (χ1n) is 9.04. The number of carbonyl (C=O) groups excluding carboxylic acids is 1. The quantitative estimate of drug-likeness (QED) is 0.487. The lowest BCUT2D eigenvalue weighted by atomic mass is 10.1. The molecule has 0 aromatic heterocycles. The van der Waals surface area contributed by atoms with Gasteiger partial charge in [0.25, 0.3) is 0 Å². The van der Waals surface area contributed by atoms with Gasteiger partial charge in [-0.25, -0.2) is 4.79 Å². The molecule has 0 saturated heterocycles. The fourth-order valence-corrected chi connectivity index (χ4v) is 3.33. The SMILES string of the molecule is C[C@@H](CCO)CNC(=O)Nc1cc(Br)ccc1CO[Si](C)(C)C(C)(C)C. The molecule has 0 unspecified atom stereocenters. The topological polar surface area (TPSA) is 70.6 Å². The molecule has 0 fully saturated rings. The van der Waals surface area contributed by atoms with Crippen LogP contribution in [0.4, 0.5) is 10.5 Å². The normalized spacial score (nSPS) is 13.4. The van der Waals surface area contributed by atoms with Gasteiger partial charge in [-0.2, -0.15) is 0 Å². The number of hydrogen-bond acceptors (Lipinski definition) is 3. The summed E-state index contributed by atoms with van der Waals surface area (Å²) < 4.78 is 7.20. The minimum absolute atomic E-state index is 0.130. The molecule has 148 valence electrons. The molecule has 0 saturated carbocycles. The minimum Gasteiger partial charge on any atom is -0.412 e. The third-order valence-corrected chi connectivity index (χ3v) is 9.92. The van der Waals surface area contributed by atoms with E-state index in [9.17, 15) is 4.79 Å². The largest absolute Gasteiger partial charge is 0.412 e. The van der Waals surface area contributed by atoms with E-state index in [-0.39, 0.29) is 23.6 Å². The van der Waals surface area contributed by atoms with Crippen molar-refractivity contribution in [2.75, 3.05) is 18.5 Å². The molecule has 1 aromatic rings. The molecule has 0 spiro atoms. The molecule has 1 aromatic carbocycles. The van der Waals surface area contributed by atoms with Crippen LogP contribution in [0.5, 0.6) is 0 Å². The summed E-state index contributed by atoms with van der Waals surface area (Å²) >= 11 is 3.46. The van der Waals surface area contributed by atoms with Crippen molar-refractivity contribution < 1.29 is 14.3 Å². The van der Waals surface area contributed by atoms with Crippen LogP contribution < -0.4 is 10.6 Å². The van der Waals surface area contributed by atoms with E-state index in [0.717, 1.165) is 15.7 Å². The van der Waals surface area contributed by atoms with E-state index in [4.69, 9.17) is 9.53 Å². The zero-order valence-electron chi connectivity index (χ0n) is 16.8. The van der Waals surface area contributed by atoms with Crippen LogP contribution in [-0.4, -0.2) is 32.6 Å². The molecular formula is C19H33BrN2O3Si. The summed E-state index contributed by atoms with van der Waals surface area (Å²) in [7, 11) is -1.87. The van der Waals surface area contributed by atoms with Gasteiger partial charge in [0, 0.05) is 28.9 Å². The number of anilines is 1. The molecule has 26 heavy (non-hydrogen) atoms. The third-order valence-electron chi connectivity index (χ3n) is 4.95. The lowest BCUT2D eigenvalue weighted by Crippen LogP contribution is -2.40. The number of aliphatic hydroxyl groups is 1. The Balaban J connectivity index is 2.77. The third kappa shape index (κ3) is 7.38. The van der Waals surface area contributed by atoms with Gasteiger partial charge in [-0.15, -0.1) is 0 Å². The van der Waals surface area contributed by atoms with Crippen LogP contribution >= 0.6 is 15.9 Å². The first-order chi connectivity index (χ1) is 12.0. The Morgan fingerprint density at radius 2 is 2.00 bits per heavy atom. The van der Waals surface area contributed by atoms with Crippen LogP contribution in [0.2, 0.25) is 18.1 Å². The van der Waals surface area contributed by atoms with Crippen molar-refractivity contribution in [3.05, 3.63) is 28.2 Å². The van der Waals surface area contributed by atoms with Gasteiger partial charge in [-0.3, -0.25) is 0 Å². The fraction of sp³-hybridized carbons (Fsp3) is 0.632. The monoisotopic (exact) mass is 444 g/mol. The van der Waals surface area contributed by atoms with Crippen molar-refractivity contribution in [2.24, 2.45) is 5.92 Å². The summed E-state index contributed by atoms with van der Waals surface area (Å²) in [6.45, 7) is 14.2. The Bertz CT molecular complexity index is 603. The maximum absolute atomic E-state index is 12.2. The highest BCUT2D eigenvalue weighted by Gasteiger charge is 2.37. The summed E-state index contributed by atoms with van der Waals surface area (Å²) in [5.41, 5.74) is 1.70. The maximum atomic E-state index is 12.2. The first kappa shape index (κ1) is 23.1. The summed E-state index contributed by atoms with van der Waals surface area (Å²) in [5.74, 6) is 0.231. The number of nitrogens with one attached hydrogen (secondary N) is 2. The average Bonchev–Trinajstić information content (AvgIpc) is 2.51. The van der Waals surface area contributed by atoms with Crippen molar-refractivity contribution in [3.63, 3.8) is 0 Å². The van der Waals surface area contributed by atoms with Gasteiger partial charge in [0.15, 0.2) is 8.32 Å². The second kappa shape index (κ2) is 9.87. The fourth-order valence-electron chi connectivity index (χ4n) is 2.02. The minimum atomic E-state index is -1.87. The van der Waals surface area contributed by atoms with Gasteiger partial charge in [0.05, 0.1) is 6.61 Å². The number of aliphatic hydroxyl groups excluding tert-OH is 1. The number of halogens is 1. The van der Waals surface area contributed by atoms with Crippen LogP contribution in [0.15, 0.2) is 22.7 Å². The van der Waals surface area contributed by atoms with Crippen molar-refractivity contribution >= 4 is 36.0 Å². The standard InChI is InChI=1S/C19H33BrN2O3Si/c1-14(9-10-23)12-21-18(24)22-17-11-16(20)8-7-15(17)13-25-26(5,6)19(2,3)4/h7-8,11,14,23H,9-10,12-13H2,1-6H3,(H2,21,22,24)/t14-/m0/s1. The lowest BCUT2D eigenvalue weighted by Gasteiger charge is -2.36. The van der Waals surface area contributed by atoms with Gasteiger partial charge >= 0.3 is 6.03 Å². The van der Waals surface area contributed by atoms with E-state index in [1.165, 1.54) is 0 Å². The summed E-state index contributed by atoms with van der Waals surface area (Å²) in [5, 5.41) is 14.8. The predicted octanol–water partition coefficient (Wildman–Crippen LogP) is 5.11. The molecule has 0 bridgehead atoms. The second-order valence-electron chi connectivity index (χ2n) is 8.30. The summed E-state index contributed by atoms with van der Waals surface area (Å²) in [6, 6.07) is 5.57. The predicted molar refractivity (Wildman–Crippen MR) is 114 cm³/mol. The van der Waals surface area contributed by atoms with Crippen LogP contribution in [-0.2, 0) is 11.0 Å². The molecule has 0 aliphatic heterocycles. The van der Waals surface area contributed by atoms with E-state index in [2.05, 4.69) is 60.4 Å². The van der Waals surface area contributed by atoms with Crippen LogP contribution in [0.25, 0.3) is 0 Å². The summed E-state index contributed by atoms with van der Waals surface area (Å²) in [6.07, 6.45) is 0.669. The molecule has 0 aliphatic carbocycles. The van der Waals surface area contributed by atoms with Crippen molar-refractivity contribution in [3.8, 4) is 0 Å². The van der Waals surface area contributed by atoms with E-state index in [1.807, 2.05) is 25.1 Å². The molecule has 1 rings (SSSR count). The molecule has 2 amide bonds. The molecule has 5 nitrogen and oxygen atoms in total. The molecule has 0 aliphatic rings. The number of benzene rings is 1. The van der Waals surface area contributed by atoms with Crippen molar-refractivity contribution in [2.45, 2.75) is 58.9 Å². The summed E-state index contributed by atoms with van der Waals surface area (Å²) in [4.78, 5) is 12.2. The number of carbonyl (C=O) groups is 1. The van der Waals surface area contributed by atoms with Gasteiger partial charge < -0.3 is 20.2 Å². The zero-order valence-corrected chi connectivity index (χ0v) is 19.4. The highest BCUT2D eigenvalue weighted by atomic mass is 79.9. The Morgan fingerprint density at radius 3 is 2.58 bits per heavy atom. The Labute approximate surface area is 167 Å². The number of rotatable bonds is 8. The van der Waals surface area contributed by atoms with Crippen LogP contribution in [0, 0.1) is 5.92 Å². The van der Waals surface area contributed by atoms with E-state index in [1.54, 1.807) is 0 Å². The zero-order chi connectivity index (χ0) is 20.0. The molecule has 7 heteroatoms. The van der Waals surface area contributed by atoms with E-state index >= 15 is 0 Å². The Morgan fingerprint density at radius 1 is 1.35 bits per heavy atom. The smallest absolute Gasteiger partial charge is 0.319 e. The van der Waals surface area contributed by atoms with Gasteiger partial charge in [-0.1, -0.05) is 49.7 Å². The maximum Gasteiger partial charge on any atom is 0.319 e. The number of amides is 2. The Hall–Kier alpha value is -0.893. The molecule has 3 N–H and O–H groups in total. The van der Waals surface area contributed by atoms with Crippen LogP contribution in [0.1, 0.15) is 39.7 Å². The molecule has 0 radical (unpaired) electrons. The highest BCUT2D eigenvalue weighted by molar-refractivity contribution is 9.10. The van der Waals surface area contributed by atoms with Crippen molar-refractivity contribution in [1.82, 2.24) is 5.32 Å². The van der Waals surface area contributed by atoms with Crippen molar-refractivity contribution in [1.29, 1.82) is 0 Å². The first-order valence-corrected chi connectivity index (χ1v) is 12.7. The van der Waals surface area contributed by atoms with Gasteiger partial charge in [-0.05, 0) is 42.6 Å². The second-order valence-corrected chi connectivity index (χ2v) is 14.0. The molecule has 0 heterocycles. The van der Waals surface area contributed by atoms with Gasteiger partial charge in [0.2, 0.25) is 0 Å². The molecular weight excluding hydrogens is 412 g/mol. The van der Waals surface area contributed by atoms with Gasteiger partial charge in [0.1, 0.15) is 0 Å². The molecule has 1 atom stereocenters. The van der Waals surface area contributed by atoms with Crippen LogP contribution in [0.3, 0.4) is 0 Å². The Kier molecular flexibility index (Phi) is 8.79. The highest BCUT2D eigenvalue weighted by Crippen LogP contribution is 2.37. The number of urea groups is 1. The van der Waals surface area contributed by atoms with E-state index < -0.39 is 8.32 Å². The average molecular weight is 445 g/mol. The lowest BCUT2D eigenvalue weighted by molar-refractivity contribution is 0.243.